The first-order chi connectivity index (χ1) is 13.0. The molecule has 0 saturated carbocycles. The van der Waals surface area contributed by atoms with E-state index in [9.17, 15) is 4.79 Å². The number of benzene rings is 2. The molecule has 1 N–H and O–H groups in total. The van der Waals surface area contributed by atoms with Crippen molar-refractivity contribution in [2.75, 3.05) is 13.2 Å². The zero-order valence-corrected chi connectivity index (χ0v) is 17.0. The molecule has 0 unspecified atom stereocenters. The van der Waals surface area contributed by atoms with Crippen molar-refractivity contribution < 1.29 is 9.53 Å². The van der Waals surface area contributed by atoms with Crippen molar-refractivity contribution in [2.45, 2.75) is 47.0 Å². The lowest BCUT2D eigenvalue weighted by Gasteiger charge is -2.12. The Kier molecular flexibility index (Phi) is 8.12. The summed E-state index contributed by atoms with van der Waals surface area (Å²) in [5, 5.41) is 3.20. The van der Waals surface area contributed by atoms with Gasteiger partial charge in [0.05, 0.1) is 6.61 Å². The van der Waals surface area contributed by atoms with Crippen LogP contribution in [0.5, 0.6) is 0 Å². The maximum atomic E-state index is 12.3. The van der Waals surface area contributed by atoms with Gasteiger partial charge in [0.2, 0.25) is 0 Å². The summed E-state index contributed by atoms with van der Waals surface area (Å²) in [5.74, 6) is -0.286. The molecule has 0 fully saturated rings. The van der Waals surface area contributed by atoms with Gasteiger partial charge in [-0.05, 0) is 61.4 Å². The first-order valence-electron chi connectivity index (χ1n) is 9.81. The van der Waals surface area contributed by atoms with Crippen LogP contribution in [0.4, 0.5) is 0 Å². The Hall–Kier alpha value is -2.55. The van der Waals surface area contributed by atoms with E-state index in [4.69, 9.17) is 4.74 Å². The summed E-state index contributed by atoms with van der Waals surface area (Å²) in [6.07, 6.45) is 4.54. The molecule has 0 aliphatic heterocycles. The highest BCUT2D eigenvalue weighted by molar-refractivity contribution is 5.93. The number of aryl methyl sites for hydroxylation is 2. The van der Waals surface area contributed by atoms with Crippen LogP contribution in [-0.2, 0) is 16.0 Å². The van der Waals surface area contributed by atoms with E-state index in [1.807, 2.05) is 13.0 Å². The zero-order valence-electron chi connectivity index (χ0n) is 17.0. The molecule has 0 amide bonds. The van der Waals surface area contributed by atoms with Crippen molar-refractivity contribution in [3.63, 3.8) is 0 Å². The standard InChI is InChI=1S/C24H31NO2/c1-5-13-25-23(24(26)27-14-6-2)17-21-12-9-19(4)22(16-21)15-20-10-7-18(3)8-11-20/h7-12,16-17,25H,5-6,13-15H2,1-4H3/b23-17-. The maximum Gasteiger partial charge on any atom is 0.354 e. The van der Waals surface area contributed by atoms with Crippen LogP contribution in [-0.4, -0.2) is 19.1 Å². The second-order valence-corrected chi connectivity index (χ2v) is 6.97. The molecule has 144 valence electrons. The molecule has 0 radical (unpaired) electrons. The van der Waals surface area contributed by atoms with Crippen molar-refractivity contribution in [3.8, 4) is 0 Å². The molecule has 27 heavy (non-hydrogen) atoms. The highest BCUT2D eigenvalue weighted by Gasteiger charge is 2.11. The lowest BCUT2D eigenvalue weighted by atomic mass is 9.97. The third-order valence-corrected chi connectivity index (χ3v) is 4.42. The number of esters is 1. The third-order valence-electron chi connectivity index (χ3n) is 4.42. The van der Waals surface area contributed by atoms with E-state index in [1.165, 1.54) is 22.3 Å². The van der Waals surface area contributed by atoms with Crippen molar-refractivity contribution in [1.82, 2.24) is 5.32 Å². The van der Waals surface area contributed by atoms with E-state index in [0.717, 1.165) is 31.4 Å². The van der Waals surface area contributed by atoms with E-state index in [-0.39, 0.29) is 5.97 Å². The van der Waals surface area contributed by atoms with Crippen molar-refractivity contribution in [1.29, 1.82) is 0 Å². The number of rotatable bonds is 9. The van der Waals surface area contributed by atoms with Gasteiger partial charge in [0.25, 0.3) is 0 Å². The topological polar surface area (TPSA) is 38.3 Å². The largest absolute Gasteiger partial charge is 0.461 e. The van der Waals surface area contributed by atoms with Gasteiger partial charge in [-0.1, -0.05) is 61.9 Å². The lowest BCUT2D eigenvalue weighted by molar-refractivity contribution is -0.139. The predicted octanol–water partition coefficient (Wildman–Crippen LogP) is 5.19. The second kappa shape index (κ2) is 10.6. The fraction of sp³-hybridized carbons (Fsp3) is 0.375. The summed E-state index contributed by atoms with van der Waals surface area (Å²) in [6, 6.07) is 15.0. The Labute approximate surface area is 163 Å². The van der Waals surface area contributed by atoms with Crippen LogP contribution in [0.25, 0.3) is 6.08 Å². The van der Waals surface area contributed by atoms with Crippen LogP contribution < -0.4 is 5.32 Å². The highest BCUT2D eigenvalue weighted by Crippen LogP contribution is 2.18. The predicted molar refractivity (Wildman–Crippen MR) is 113 cm³/mol. The van der Waals surface area contributed by atoms with E-state index in [1.54, 1.807) is 0 Å². The first-order valence-corrected chi connectivity index (χ1v) is 9.81. The monoisotopic (exact) mass is 365 g/mol. The summed E-state index contributed by atoms with van der Waals surface area (Å²) in [4.78, 5) is 12.3. The molecule has 2 aromatic rings. The number of carbonyl (C=O) groups is 1. The minimum atomic E-state index is -0.286. The van der Waals surface area contributed by atoms with Gasteiger partial charge in [0, 0.05) is 6.54 Å². The van der Waals surface area contributed by atoms with Gasteiger partial charge >= 0.3 is 5.97 Å². The van der Waals surface area contributed by atoms with Crippen LogP contribution in [0, 0.1) is 13.8 Å². The van der Waals surface area contributed by atoms with Crippen LogP contribution in [0.15, 0.2) is 48.2 Å². The Bertz CT molecular complexity index is 775. The Morgan fingerprint density at radius 3 is 2.44 bits per heavy atom. The molecule has 0 saturated heterocycles. The summed E-state index contributed by atoms with van der Waals surface area (Å²) >= 11 is 0. The number of ether oxygens (including phenoxy) is 1. The Morgan fingerprint density at radius 1 is 1.04 bits per heavy atom. The average molecular weight is 366 g/mol. The number of hydrogen-bond donors (Lipinski definition) is 1. The van der Waals surface area contributed by atoms with E-state index < -0.39 is 0 Å². The summed E-state index contributed by atoms with van der Waals surface area (Å²) in [7, 11) is 0. The molecule has 2 aromatic carbocycles. The molecule has 0 heterocycles. The maximum absolute atomic E-state index is 12.3. The molecule has 0 aliphatic rings. The fourth-order valence-electron chi connectivity index (χ4n) is 2.78. The number of carbonyl (C=O) groups excluding carboxylic acids is 1. The first kappa shape index (κ1) is 20.8. The summed E-state index contributed by atoms with van der Waals surface area (Å²) in [5.41, 5.74) is 6.61. The normalized spacial score (nSPS) is 11.3. The molecule has 0 spiro atoms. The molecular formula is C24H31NO2. The summed E-state index contributed by atoms with van der Waals surface area (Å²) in [6.45, 7) is 9.48. The van der Waals surface area contributed by atoms with E-state index in [0.29, 0.717) is 12.3 Å². The van der Waals surface area contributed by atoms with Gasteiger partial charge in [-0.25, -0.2) is 4.79 Å². The average Bonchev–Trinajstić information content (AvgIpc) is 2.67. The van der Waals surface area contributed by atoms with Gasteiger partial charge < -0.3 is 10.1 Å². The highest BCUT2D eigenvalue weighted by atomic mass is 16.5. The lowest BCUT2D eigenvalue weighted by Crippen LogP contribution is -2.23. The Balaban J connectivity index is 2.25. The minimum absolute atomic E-state index is 0.286. The quantitative estimate of drug-likeness (QED) is 0.491. The molecule has 0 bridgehead atoms. The van der Waals surface area contributed by atoms with Gasteiger partial charge in [-0.2, -0.15) is 0 Å². The minimum Gasteiger partial charge on any atom is -0.461 e. The fourth-order valence-corrected chi connectivity index (χ4v) is 2.78. The van der Waals surface area contributed by atoms with Crippen molar-refractivity contribution in [3.05, 3.63) is 76.0 Å². The number of hydrogen-bond acceptors (Lipinski definition) is 3. The van der Waals surface area contributed by atoms with E-state index in [2.05, 4.69) is 68.6 Å². The zero-order chi connectivity index (χ0) is 19.6. The SMILES string of the molecule is CCCN/C(=C\c1ccc(C)c(Cc2ccc(C)cc2)c1)C(=O)OCCC. The van der Waals surface area contributed by atoms with Crippen LogP contribution in [0.2, 0.25) is 0 Å². The van der Waals surface area contributed by atoms with Gasteiger partial charge in [0.1, 0.15) is 5.70 Å². The number of nitrogens with one attached hydrogen (secondary N) is 1. The molecule has 3 nitrogen and oxygen atoms in total. The second-order valence-electron chi connectivity index (χ2n) is 6.97. The molecule has 0 aliphatic carbocycles. The van der Waals surface area contributed by atoms with Crippen LogP contribution >= 0.6 is 0 Å². The molecule has 2 rings (SSSR count). The Morgan fingerprint density at radius 2 is 1.78 bits per heavy atom. The van der Waals surface area contributed by atoms with Gasteiger partial charge in [-0.15, -0.1) is 0 Å². The molecule has 3 heteroatoms. The third kappa shape index (κ3) is 6.59. The van der Waals surface area contributed by atoms with Gasteiger partial charge in [-0.3, -0.25) is 0 Å². The molecule has 0 aromatic heterocycles. The summed E-state index contributed by atoms with van der Waals surface area (Å²) < 4.78 is 5.31. The van der Waals surface area contributed by atoms with Crippen LogP contribution in [0.3, 0.4) is 0 Å². The smallest absolute Gasteiger partial charge is 0.354 e. The van der Waals surface area contributed by atoms with Crippen LogP contribution in [0.1, 0.15) is 54.5 Å². The van der Waals surface area contributed by atoms with Crippen molar-refractivity contribution in [2.24, 2.45) is 0 Å². The van der Waals surface area contributed by atoms with Gasteiger partial charge in [0.15, 0.2) is 0 Å². The molecule has 0 atom stereocenters. The molecular weight excluding hydrogens is 334 g/mol. The van der Waals surface area contributed by atoms with Crippen molar-refractivity contribution >= 4 is 12.0 Å². The van der Waals surface area contributed by atoms with E-state index >= 15 is 0 Å².